The van der Waals surface area contributed by atoms with E-state index in [0.29, 0.717) is 35.5 Å². The lowest BCUT2D eigenvalue weighted by atomic mass is 10.3. The zero-order valence-corrected chi connectivity index (χ0v) is 12.1. The Morgan fingerprint density at radius 2 is 2.17 bits per heavy atom. The van der Waals surface area contributed by atoms with E-state index in [4.69, 9.17) is 23.2 Å². The van der Waals surface area contributed by atoms with Crippen molar-refractivity contribution in [2.24, 2.45) is 0 Å². The molecule has 1 N–H and O–H groups in total. The summed E-state index contributed by atoms with van der Waals surface area (Å²) in [6, 6.07) is 3.35. The van der Waals surface area contributed by atoms with Crippen molar-refractivity contribution in [3.05, 3.63) is 28.0 Å². The largest absolute Gasteiger partial charge is 0.355 e. The highest BCUT2D eigenvalue weighted by atomic mass is 35.5. The summed E-state index contributed by atoms with van der Waals surface area (Å²) in [7, 11) is 1.84. The van der Waals surface area contributed by atoms with Gasteiger partial charge in [0.15, 0.2) is 0 Å². The molecule has 0 spiro atoms. The van der Waals surface area contributed by atoms with Crippen molar-refractivity contribution in [1.29, 1.82) is 0 Å². The zero-order chi connectivity index (χ0) is 13.5. The van der Waals surface area contributed by atoms with Crippen LogP contribution in [-0.4, -0.2) is 35.9 Å². The quantitative estimate of drug-likeness (QED) is 0.818. The van der Waals surface area contributed by atoms with E-state index < -0.39 is 0 Å². The molecule has 100 valence electrons. The SMILES string of the molecule is CCCNC(=O)CN(C)Cc1nc(Cl)ccc1Cl. The molecule has 0 saturated carbocycles. The van der Waals surface area contributed by atoms with Crippen LogP contribution in [0.15, 0.2) is 12.1 Å². The molecule has 0 aliphatic heterocycles. The van der Waals surface area contributed by atoms with Crippen molar-refractivity contribution in [3.63, 3.8) is 0 Å². The molecule has 18 heavy (non-hydrogen) atoms. The van der Waals surface area contributed by atoms with E-state index in [1.54, 1.807) is 12.1 Å². The average Bonchev–Trinajstić information content (AvgIpc) is 2.31. The first-order valence-electron chi connectivity index (χ1n) is 5.79. The van der Waals surface area contributed by atoms with Crippen molar-refractivity contribution < 1.29 is 4.79 Å². The average molecular weight is 290 g/mol. The van der Waals surface area contributed by atoms with Gasteiger partial charge < -0.3 is 5.32 Å². The second-order valence-electron chi connectivity index (χ2n) is 4.08. The number of rotatable bonds is 6. The first-order valence-corrected chi connectivity index (χ1v) is 6.54. The molecule has 1 aromatic heterocycles. The van der Waals surface area contributed by atoms with Gasteiger partial charge in [-0.05, 0) is 25.6 Å². The maximum absolute atomic E-state index is 11.5. The van der Waals surface area contributed by atoms with Crippen LogP contribution in [0.3, 0.4) is 0 Å². The van der Waals surface area contributed by atoms with Crippen LogP contribution in [0.25, 0.3) is 0 Å². The minimum atomic E-state index is -0.00231. The van der Waals surface area contributed by atoms with Gasteiger partial charge in [-0.25, -0.2) is 4.98 Å². The Morgan fingerprint density at radius 3 is 2.83 bits per heavy atom. The van der Waals surface area contributed by atoms with E-state index in [9.17, 15) is 4.79 Å². The zero-order valence-electron chi connectivity index (χ0n) is 10.5. The molecule has 1 heterocycles. The van der Waals surface area contributed by atoms with E-state index in [-0.39, 0.29) is 5.91 Å². The van der Waals surface area contributed by atoms with E-state index in [1.807, 2.05) is 18.9 Å². The highest BCUT2D eigenvalue weighted by Crippen LogP contribution is 2.17. The predicted octanol–water partition coefficient (Wildman–Crippen LogP) is 2.35. The molecule has 0 radical (unpaired) electrons. The lowest BCUT2D eigenvalue weighted by Gasteiger charge is -2.16. The number of halogens is 2. The summed E-state index contributed by atoms with van der Waals surface area (Å²) >= 11 is 11.8. The van der Waals surface area contributed by atoms with Crippen molar-refractivity contribution in [2.75, 3.05) is 20.1 Å². The summed E-state index contributed by atoms with van der Waals surface area (Å²) in [5.74, 6) is -0.00231. The number of hydrogen-bond donors (Lipinski definition) is 1. The van der Waals surface area contributed by atoms with Gasteiger partial charge in [0.05, 0.1) is 17.3 Å². The van der Waals surface area contributed by atoms with Crippen LogP contribution in [0.2, 0.25) is 10.2 Å². The number of pyridine rings is 1. The third-order valence-corrected chi connectivity index (χ3v) is 2.84. The van der Waals surface area contributed by atoms with Crippen LogP contribution in [-0.2, 0) is 11.3 Å². The first kappa shape index (κ1) is 15.2. The van der Waals surface area contributed by atoms with Gasteiger partial charge in [-0.1, -0.05) is 30.1 Å². The molecule has 6 heteroatoms. The molecule has 0 saturated heterocycles. The summed E-state index contributed by atoms with van der Waals surface area (Å²) in [6.45, 7) is 3.51. The molecule has 0 unspecified atom stereocenters. The molecule has 1 rings (SSSR count). The smallest absolute Gasteiger partial charge is 0.234 e. The van der Waals surface area contributed by atoms with E-state index in [1.165, 1.54) is 0 Å². The monoisotopic (exact) mass is 289 g/mol. The summed E-state index contributed by atoms with van der Waals surface area (Å²) < 4.78 is 0. The molecular formula is C12H17Cl2N3O. The van der Waals surface area contributed by atoms with Gasteiger partial charge in [-0.3, -0.25) is 9.69 Å². The van der Waals surface area contributed by atoms with Crippen molar-refractivity contribution >= 4 is 29.1 Å². The molecule has 0 bridgehead atoms. The van der Waals surface area contributed by atoms with Crippen LogP contribution >= 0.6 is 23.2 Å². The standard InChI is InChI=1S/C12H17Cl2N3O/c1-3-6-15-12(18)8-17(2)7-10-9(13)4-5-11(14)16-10/h4-5H,3,6-8H2,1-2H3,(H,15,18). The van der Waals surface area contributed by atoms with Crippen molar-refractivity contribution in [2.45, 2.75) is 19.9 Å². The number of amides is 1. The highest BCUT2D eigenvalue weighted by molar-refractivity contribution is 6.32. The van der Waals surface area contributed by atoms with Crippen molar-refractivity contribution in [1.82, 2.24) is 15.2 Å². The summed E-state index contributed by atoms with van der Waals surface area (Å²) in [6.07, 6.45) is 0.928. The minimum Gasteiger partial charge on any atom is -0.355 e. The van der Waals surface area contributed by atoms with Gasteiger partial charge in [-0.15, -0.1) is 0 Å². The Balaban J connectivity index is 2.51. The fourth-order valence-corrected chi connectivity index (χ4v) is 1.78. The summed E-state index contributed by atoms with van der Waals surface area (Å²) in [5, 5.41) is 3.77. The van der Waals surface area contributed by atoms with Gasteiger partial charge >= 0.3 is 0 Å². The fraction of sp³-hybridized carbons (Fsp3) is 0.500. The molecular weight excluding hydrogens is 273 g/mol. The van der Waals surface area contributed by atoms with Crippen LogP contribution in [0.1, 0.15) is 19.0 Å². The molecule has 1 aromatic rings. The van der Waals surface area contributed by atoms with Crippen LogP contribution in [0.5, 0.6) is 0 Å². The van der Waals surface area contributed by atoms with Gasteiger partial charge in [0.25, 0.3) is 0 Å². The molecule has 4 nitrogen and oxygen atoms in total. The van der Waals surface area contributed by atoms with Gasteiger partial charge in [0.2, 0.25) is 5.91 Å². The van der Waals surface area contributed by atoms with Gasteiger partial charge in [0, 0.05) is 13.1 Å². The third kappa shape index (κ3) is 5.21. The number of nitrogens with zero attached hydrogens (tertiary/aromatic N) is 2. The topological polar surface area (TPSA) is 45.2 Å². The number of carbonyl (C=O) groups is 1. The normalized spacial score (nSPS) is 10.7. The number of nitrogens with one attached hydrogen (secondary N) is 1. The molecule has 0 atom stereocenters. The van der Waals surface area contributed by atoms with E-state index >= 15 is 0 Å². The van der Waals surface area contributed by atoms with Crippen molar-refractivity contribution in [3.8, 4) is 0 Å². The maximum Gasteiger partial charge on any atom is 0.234 e. The summed E-state index contributed by atoms with van der Waals surface area (Å²) in [4.78, 5) is 17.5. The molecule has 0 aromatic carbocycles. The molecule has 0 aliphatic carbocycles. The number of likely N-dealkylation sites (N-methyl/N-ethyl adjacent to an activating group) is 1. The molecule has 1 amide bonds. The predicted molar refractivity (Wildman–Crippen MR) is 73.9 cm³/mol. The Bertz CT molecular complexity index is 412. The Hall–Kier alpha value is -0.840. The van der Waals surface area contributed by atoms with Crippen LogP contribution < -0.4 is 5.32 Å². The number of hydrogen-bond acceptors (Lipinski definition) is 3. The Labute approximate surface area is 117 Å². The number of aromatic nitrogens is 1. The minimum absolute atomic E-state index is 0.00231. The highest BCUT2D eigenvalue weighted by Gasteiger charge is 2.10. The fourth-order valence-electron chi connectivity index (χ4n) is 1.45. The molecule has 0 aliphatic rings. The van der Waals surface area contributed by atoms with Gasteiger partial charge in [0.1, 0.15) is 5.15 Å². The van der Waals surface area contributed by atoms with E-state index in [0.717, 1.165) is 6.42 Å². The summed E-state index contributed by atoms with van der Waals surface area (Å²) in [5.41, 5.74) is 0.676. The van der Waals surface area contributed by atoms with Gasteiger partial charge in [-0.2, -0.15) is 0 Å². The molecule has 0 fully saturated rings. The first-order chi connectivity index (χ1) is 8.52. The number of carbonyl (C=O) groups excluding carboxylic acids is 1. The van der Waals surface area contributed by atoms with E-state index in [2.05, 4.69) is 10.3 Å². The second-order valence-corrected chi connectivity index (χ2v) is 4.88. The Kier molecular flexibility index (Phi) is 6.39. The Morgan fingerprint density at radius 1 is 1.44 bits per heavy atom. The maximum atomic E-state index is 11.5. The lowest BCUT2D eigenvalue weighted by molar-refractivity contribution is -0.122. The van der Waals surface area contributed by atoms with Crippen LogP contribution in [0.4, 0.5) is 0 Å². The third-order valence-electron chi connectivity index (χ3n) is 2.29. The van der Waals surface area contributed by atoms with Crippen LogP contribution in [0, 0.1) is 0 Å². The lowest BCUT2D eigenvalue weighted by Crippen LogP contribution is -2.35. The second kappa shape index (κ2) is 7.56.